The molecule has 2 fully saturated rings. The molecule has 0 bridgehead atoms. The fourth-order valence-electron chi connectivity index (χ4n) is 1.16. The molecule has 2 aliphatic rings. The van der Waals surface area contributed by atoms with Gasteiger partial charge in [-0.05, 0) is 12.3 Å². The first-order chi connectivity index (χ1) is 3.38. The number of hydrogen-bond acceptors (Lipinski definition) is 2. The first kappa shape index (κ1) is 3.87. The van der Waals surface area contributed by atoms with Crippen molar-refractivity contribution in [2.75, 3.05) is 6.61 Å². The van der Waals surface area contributed by atoms with E-state index in [4.69, 9.17) is 9.84 Å². The minimum Gasteiger partial charge on any atom is -0.368 e. The topological polar surface area (TPSA) is 29.5 Å². The Labute approximate surface area is 42.1 Å². The van der Waals surface area contributed by atoms with Crippen molar-refractivity contribution in [1.82, 2.24) is 0 Å². The molecule has 40 valence electrons. The zero-order chi connectivity index (χ0) is 4.85. The van der Waals surface area contributed by atoms with Gasteiger partial charge in [-0.3, -0.25) is 0 Å². The van der Waals surface area contributed by atoms with Crippen molar-refractivity contribution in [3.8, 4) is 0 Å². The molecule has 0 amide bonds. The molecule has 7 heavy (non-hydrogen) atoms. The number of hydrogen-bond donors (Lipinski definition) is 1. The van der Waals surface area contributed by atoms with Crippen LogP contribution in [0.2, 0.25) is 0 Å². The van der Waals surface area contributed by atoms with Gasteiger partial charge in [0, 0.05) is 5.92 Å². The Balaban J connectivity index is 2.08. The van der Waals surface area contributed by atoms with E-state index >= 15 is 0 Å². The molecule has 2 nitrogen and oxygen atoms in total. The Morgan fingerprint density at radius 2 is 2.43 bits per heavy atom. The fourth-order valence-corrected chi connectivity index (χ4v) is 1.16. The molecular formula is C5H8O2. The lowest BCUT2D eigenvalue weighted by molar-refractivity contribution is -0.0818. The maximum absolute atomic E-state index is 8.82. The summed E-state index contributed by atoms with van der Waals surface area (Å²) in [7, 11) is 0. The summed E-state index contributed by atoms with van der Waals surface area (Å²) in [5.74, 6) is 1.23. The van der Waals surface area contributed by atoms with E-state index in [1.165, 1.54) is 6.42 Å². The number of fused-ring (bicyclic) bond motifs is 1. The molecule has 1 N–H and O–H groups in total. The number of rotatable bonds is 0. The van der Waals surface area contributed by atoms with Gasteiger partial charge in [0.2, 0.25) is 0 Å². The van der Waals surface area contributed by atoms with E-state index < -0.39 is 6.29 Å². The van der Waals surface area contributed by atoms with Crippen molar-refractivity contribution in [2.24, 2.45) is 11.8 Å². The van der Waals surface area contributed by atoms with E-state index in [0.29, 0.717) is 5.92 Å². The third-order valence-electron chi connectivity index (χ3n) is 1.82. The Morgan fingerprint density at radius 3 is 2.57 bits per heavy atom. The van der Waals surface area contributed by atoms with Crippen molar-refractivity contribution in [3.05, 3.63) is 0 Å². The van der Waals surface area contributed by atoms with Crippen molar-refractivity contribution in [1.29, 1.82) is 0 Å². The minimum absolute atomic E-state index is 0.412. The van der Waals surface area contributed by atoms with Crippen molar-refractivity contribution in [2.45, 2.75) is 12.7 Å². The van der Waals surface area contributed by atoms with Crippen LogP contribution in [-0.4, -0.2) is 18.0 Å². The van der Waals surface area contributed by atoms with Crippen molar-refractivity contribution in [3.63, 3.8) is 0 Å². The molecule has 0 radical (unpaired) electrons. The van der Waals surface area contributed by atoms with Gasteiger partial charge in [0.1, 0.15) is 0 Å². The third-order valence-corrected chi connectivity index (χ3v) is 1.82. The molecular weight excluding hydrogens is 92.1 g/mol. The van der Waals surface area contributed by atoms with Gasteiger partial charge >= 0.3 is 0 Å². The van der Waals surface area contributed by atoms with Crippen LogP contribution in [0.3, 0.4) is 0 Å². The fraction of sp³-hybridized carbons (Fsp3) is 1.00. The van der Waals surface area contributed by atoms with Crippen molar-refractivity contribution < 1.29 is 9.84 Å². The molecule has 1 heterocycles. The first-order valence-corrected chi connectivity index (χ1v) is 2.67. The zero-order valence-electron chi connectivity index (χ0n) is 4.00. The van der Waals surface area contributed by atoms with E-state index in [1.54, 1.807) is 0 Å². The van der Waals surface area contributed by atoms with Crippen LogP contribution < -0.4 is 0 Å². The standard InChI is InChI=1S/C5H8O2/c6-5-4-1-3(4)2-7-5/h3-6H,1-2H2. The van der Waals surface area contributed by atoms with Crippen molar-refractivity contribution >= 4 is 0 Å². The van der Waals surface area contributed by atoms with Crippen LogP contribution in [0.4, 0.5) is 0 Å². The molecule has 1 saturated heterocycles. The average Bonchev–Trinajstić information content (AvgIpc) is 2.33. The maximum atomic E-state index is 8.82. The van der Waals surface area contributed by atoms with Gasteiger partial charge in [-0.25, -0.2) is 0 Å². The SMILES string of the molecule is OC1OCC2CC21. The van der Waals surface area contributed by atoms with Crippen LogP contribution in [0.25, 0.3) is 0 Å². The molecule has 2 rings (SSSR count). The maximum Gasteiger partial charge on any atom is 0.157 e. The lowest BCUT2D eigenvalue weighted by atomic mass is 10.4. The van der Waals surface area contributed by atoms with E-state index in [1.807, 2.05) is 0 Å². The molecule has 1 saturated carbocycles. The molecule has 0 aromatic rings. The lowest BCUT2D eigenvalue weighted by Crippen LogP contribution is -2.07. The van der Waals surface area contributed by atoms with E-state index in [-0.39, 0.29) is 0 Å². The lowest BCUT2D eigenvalue weighted by Gasteiger charge is -2.00. The summed E-state index contributed by atoms with van der Waals surface area (Å²) in [4.78, 5) is 0. The van der Waals surface area contributed by atoms with Gasteiger partial charge < -0.3 is 9.84 Å². The second kappa shape index (κ2) is 1.01. The van der Waals surface area contributed by atoms with Crippen LogP contribution in [-0.2, 0) is 4.74 Å². The first-order valence-electron chi connectivity index (χ1n) is 2.67. The molecule has 0 aromatic heterocycles. The second-order valence-electron chi connectivity index (χ2n) is 2.38. The summed E-state index contributed by atoms with van der Waals surface area (Å²) in [6.45, 7) is 0.797. The van der Waals surface area contributed by atoms with Crippen LogP contribution >= 0.6 is 0 Å². The van der Waals surface area contributed by atoms with Gasteiger partial charge in [-0.1, -0.05) is 0 Å². The number of aliphatic hydroxyl groups excluding tert-OH is 1. The summed E-state index contributed by atoms with van der Waals surface area (Å²) in [6.07, 6.45) is 0.784. The molecule has 1 aliphatic heterocycles. The molecule has 0 aromatic carbocycles. The smallest absolute Gasteiger partial charge is 0.157 e. The summed E-state index contributed by atoms with van der Waals surface area (Å²) in [5, 5.41) is 8.82. The van der Waals surface area contributed by atoms with E-state index in [2.05, 4.69) is 0 Å². The summed E-state index contributed by atoms with van der Waals surface area (Å²) in [6, 6.07) is 0. The highest BCUT2D eigenvalue weighted by molar-refractivity contribution is 4.92. The Morgan fingerprint density at radius 1 is 1.57 bits per heavy atom. The van der Waals surface area contributed by atoms with Crippen LogP contribution in [0, 0.1) is 11.8 Å². The van der Waals surface area contributed by atoms with Gasteiger partial charge in [-0.15, -0.1) is 0 Å². The predicted molar refractivity (Wildman–Crippen MR) is 23.6 cm³/mol. The third kappa shape index (κ3) is 0.409. The molecule has 3 unspecified atom stereocenters. The largest absolute Gasteiger partial charge is 0.368 e. The highest BCUT2D eigenvalue weighted by atomic mass is 16.6. The minimum atomic E-state index is -0.412. The second-order valence-corrected chi connectivity index (χ2v) is 2.38. The Hall–Kier alpha value is -0.0800. The van der Waals surface area contributed by atoms with Crippen LogP contribution in [0.15, 0.2) is 0 Å². The predicted octanol–water partition coefficient (Wildman–Crippen LogP) is -0.0289. The van der Waals surface area contributed by atoms with Gasteiger partial charge in [0.15, 0.2) is 6.29 Å². The summed E-state index contributed by atoms with van der Waals surface area (Å²) in [5.41, 5.74) is 0. The van der Waals surface area contributed by atoms with Gasteiger partial charge in [0.05, 0.1) is 6.61 Å². The van der Waals surface area contributed by atoms with Crippen LogP contribution in [0.1, 0.15) is 6.42 Å². The molecule has 2 heteroatoms. The van der Waals surface area contributed by atoms with Crippen LogP contribution in [0.5, 0.6) is 0 Å². The number of aliphatic hydroxyl groups is 1. The Kier molecular flexibility index (Phi) is 0.557. The molecule has 1 aliphatic carbocycles. The normalized spacial score (nSPS) is 57.0. The molecule has 0 spiro atoms. The quantitative estimate of drug-likeness (QED) is 0.463. The zero-order valence-corrected chi connectivity index (χ0v) is 4.00. The summed E-state index contributed by atoms with van der Waals surface area (Å²) >= 11 is 0. The van der Waals surface area contributed by atoms with Gasteiger partial charge in [-0.2, -0.15) is 0 Å². The highest BCUT2D eigenvalue weighted by Gasteiger charge is 2.48. The average molecular weight is 100 g/mol. The monoisotopic (exact) mass is 100 g/mol. The van der Waals surface area contributed by atoms with E-state index in [9.17, 15) is 0 Å². The Bertz CT molecular complexity index is 92.1. The summed E-state index contributed by atoms with van der Waals surface area (Å²) < 4.78 is 4.87. The number of ether oxygens (including phenoxy) is 1. The van der Waals surface area contributed by atoms with Gasteiger partial charge in [0.25, 0.3) is 0 Å². The highest BCUT2D eigenvalue weighted by Crippen LogP contribution is 2.46. The van der Waals surface area contributed by atoms with E-state index in [0.717, 1.165) is 12.5 Å². The molecule has 3 atom stereocenters.